The van der Waals surface area contributed by atoms with E-state index >= 15 is 0 Å². The molecule has 2 aromatic carbocycles. The van der Waals surface area contributed by atoms with Gasteiger partial charge in [0.2, 0.25) is 21.7 Å². The van der Waals surface area contributed by atoms with E-state index in [1.165, 1.54) is 37.9 Å². The summed E-state index contributed by atoms with van der Waals surface area (Å²) in [5.41, 5.74) is 2.02. The number of hydrogen-bond acceptors (Lipinski definition) is 7. The highest BCUT2D eigenvalue weighted by Crippen LogP contribution is 2.27. The third-order valence-electron chi connectivity index (χ3n) is 4.70. The fourth-order valence-corrected chi connectivity index (χ4v) is 4.46. The first kappa shape index (κ1) is 22.9. The maximum atomic E-state index is 13.0. The minimum absolute atomic E-state index is 0.0176. The van der Waals surface area contributed by atoms with Gasteiger partial charge in [-0.3, -0.25) is 0 Å². The molecule has 0 fully saturated rings. The number of rotatable bonds is 7. The highest BCUT2D eigenvalue weighted by atomic mass is 35.5. The van der Waals surface area contributed by atoms with Crippen LogP contribution in [0.15, 0.2) is 51.9 Å². The summed E-state index contributed by atoms with van der Waals surface area (Å²) in [6, 6.07) is 11.7. The van der Waals surface area contributed by atoms with Gasteiger partial charge in [0, 0.05) is 12.6 Å². The number of nitrogens with zero attached hydrogens (tertiary/aromatic N) is 3. The topological polar surface area (TPSA) is 103 Å². The van der Waals surface area contributed by atoms with Gasteiger partial charge in [-0.05, 0) is 29.7 Å². The summed E-state index contributed by atoms with van der Waals surface area (Å²) in [5.74, 6) is 0.218. The number of sulfonamides is 1. The second-order valence-electron chi connectivity index (χ2n) is 7.19. The first-order valence-corrected chi connectivity index (χ1v) is 11.2. The normalized spacial score (nSPS) is 11.8. The number of hydrogen-bond donors (Lipinski definition) is 0. The van der Waals surface area contributed by atoms with Gasteiger partial charge in [0.25, 0.3) is 0 Å². The Labute approximate surface area is 185 Å². The van der Waals surface area contributed by atoms with Crippen molar-refractivity contribution >= 4 is 27.6 Å². The maximum absolute atomic E-state index is 13.0. The molecule has 0 aliphatic carbocycles. The van der Waals surface area contributed by atoms with Crippen LogP contribution in [0.4, 0.5) is 0 Å². The minimum Gasteiger partial charge on any atom is -0.465 e. The van der Waals surface area contributed by atoms with Crippen LogP contribution in [0.3, 0.4) is 0 Å². The summed E-state index contributed by atoms with van der Waals surface area (Å²) >= 11 is 6.09. The molecule has 0 bridgehead atoms. The highest BCUT2D eigenvalue weighted by Gasteiger charge is 2.27. The van der Waals surface area contributed by atoms with E-state index < -0.39 is 16.0 Å². The number of methoxy groups -OCH3 is 1. The van der Waals surface area contributed by atoms with Gasteiger partial charge in [-0.2, -0.15) is 9.29 Å². The first-order chi connectivity index (χ1) is 14.6. The van der Waals surface area contributed by atoms with Crippen molar-refractivity contribution in [3.63, 3.8) is 0 Å². The summed E-state index contributed by atoms with van der Waals surface area (Å²) in [6.45, 7) is 4.04. The lowest BCUT2D eigenvalue weighted by Crippen LogP contribution is -2.27. The average Bonchev–Trinajstić information content (AvgIpc) is 3.21. The van der Waals surface area contributed by atoms with Gasteiger partial charge in [-0.25, -0.2) is 13.2 Å². The zero-order chi connectivity index (χ0) is 22.8. The Bertz CT molecular complexity index is 1190. The lowest BCUT2D eigenvalue weighted by molar-refractivity contribution is 0.0600. The van der Waals surface area contributed by atoms with Crippen LogP contribution in [0, 0.1) is 0 Å². The predicted molar refractivity (Wildman–Crippen MR) is 115 cm³/mol. The maximum Gasteiger partial charge on any atom is 0.337 e. The smallest absolute Gasteiger partial charge is 0.337 e. The summed E-state index contributed by atoms with van der Waals surface area (Å²) in [5, 5.41) is 3.92. The standard InChI is InChI=1S/C21H22ClN3O5S/c1-13(2)14-5-7-15(8-6-14)20-23-19(30-24-20)12-25(3)31(27,28)18-11-16(21(26)29-4)9-10-17(18)22/h5-11,13H,12H2,1-4H3. The van der Waals surface area contributed by atoms with Crippen molar-refractivity contribution in [3.05, 3.63) is 64.5 Å². The van der Waals surface area contributed by atoms with Crippen LogP contribution in [0.25, 0.3) is 11.4 Å². The van der Waals surface area contributed by atoms with Gasteiger partial charge in [0.15, 0.2) is 0 Å². The average molecular weight is 464 g/mol. The second kappa shape index (κ2) is 9.17. The number of aromatic nitrogens is 2. The van der Waals surface area contributed by atoms with Gasteiger partial charge in [-0.15, -0.1) is 0 Å². The SMILES string of the molecule is COC(=O)c1ccc(Cl)c(S(=O)(=O)N(C)Cc2nc(-c3ccc(C(C)C)cc3)no2)c1. The summed E-state index contributed by atoms with van der Waals surface area (Å²) in [7, 11) is -1.47. The van der Waals surface area contributed by atoms with E-state index in [-0.39, 0.29) is 27.9 Å². The van der Waals surface area contributed by atoms with Gasteiger partial charge in [0.05, 0.1) is 24.2 Å². The van der Waals surface area contributed by atoms with E-state index in [9.17, 15) is 13.2 Å². The van der Waals surface area contributed by atoms with Gasteiger partial charge >= 0.3 is 5.97 Å². The molecule has 0 unspecified atom stereocenters. The third-order valence-corrected chi connectivity index (χ3v) is 6.99. The predicted octanol–water partition coefficient (Wildman–Crippen LogP) is 4.12. The number of halogens is 1. The van der Waals surface area contributed by atoms with Crippen LogP contribution >= 0.6 is 11.6 Å². The number of carbonyl (C=O) groups is 1. The molecule has 1 heterocycles. The molecule has 0 aliphatic heterocycles. The molecule has 3 aromatic rings. The number of carbonyl (C=O) groups excluding carboxylic acids is 1. The fourth-order valence-electron chi connectivity index (χ4n) is 2.84. The molecule has 0 saturated carbocycles. The molecule has 1 aromatic heterocycles. The number of ether oxygens (including phenoxy) is 1. The van der Waals surface area contributed by atoms with Crippen molar-refractivity contribution in [1.29, 1.82) is 0 Å². The highest BCUT2D eigenvalue weighted by molar-refractivity contribution is 7.89. The zero-order valence-electron chi connectivity index (χ0n) is 17.5. The monoisotopic (exact) mass is 463 g/mol. The van der Waals surface area contributed by atoms with E-state index in [0.717, 1.165) is 9.87 Å². The van der Waals surface area contributed by atoms with Gasteiger partial charge < -0.3 is 9.26 Å². The molecule has 0 saturated heterocycles. The lowest BCUT2D eigenvalue weighted by atomic mass is 10.0. The summed E-state index contributed by atoms with van der Waals surface area (Å²) in [6.07, 6.45) is 0. The van der Waals surface area contributed by atoms with Crippen LogP contribution in [0.5, 0.6) is 0 Å². The Morgan fingerprint density at radius 3 is 2.48 bits per heavy atom. The summed E-state index contributed by atoms with van der Waals surface area (Å²) in [4.78, 5) is 15.8. The van der Waals surface area contributed by atoms with Crippen molar-refractivity contribution in [3.8, 4) is 11.4 Å². The first-order valence-electron chi connectivity index (χ1n) is 9.40. The molecule has 0 atom stereocenters. The molecule has 3 rings (SSSR count). The van der Waals surface area contributed by atoms with E-state index in [1.54, 1.807) is 0 Å². The van der Waals surface area contributed by atoms with Crippen molar-refractivity contribution in [1.82, 2.24) is 14.4 Å². The van der Waals surface area contributed by atoms with Crippen LogP contribution in [0.1, 0.15) is 41.6 Å². The minimum atomic E-state index is -4.04. The van der Waals surface area contributed by atoms with E-state index in [1.807, 2.05) is 24.3 Å². The molecule has 10 heteroatoms. The van der Waals surface area contributed by atoms with E-state index in [2.05, 4.69) is 28.7 Å². The van der Waals surface area contributed by atoms with E-state index in [0.29, 0.717) is 11.7 Å². The van der Waals surface area contributed by atoms with Crippen LogP contribution in [0.2, 0.25) is 5.02 Å². The number of esters is 1. The molecule has 31 heavy (non-hydrogen) atoms. The molecular weight excluding hydrogens is 442 g/mol. The molecular formula is C21H22ClN3O5S. The molecule has 0 radical (unpaired) electrons. The van der Waals surface area contributed by atoms with Gasteiger partial charge in [-0.1, -0.05) is 54.9 Å². The Balaban J connectivity index is 1.81. The van der Waals surface area contributed by atoms with Crippen LogP contribution in [-0.4, -0.2) is 43.0 Å². The van der Waals surface area contributed by atoms with Crippen LogP contribution in [-0.2, 0) is 21.3 Å². The molecule has 0 amide bonds. The molecule has 8 nitrogen and oxygen atoms in total. The third kappa shape index (κ3) is 4.95. The molecule has 0 spiro atoms. The Morgan fingerprint density at radius 1 is 1.19 bits per heavy atom. The summed E-state index contributed by atoms with van der Waals surface area (Å²) < 4.78 is 36.9. The largest absolute Gasteiger partial charge is 0.465 e. The van der Waals surface area contributed by atoms with Crippen LogP contribution < -0.4 is 0 Å². The molecule has 164 valence electrons. The van der Waals surface area contributed by atoms with Crippen molar-refractivity contribution in [2.24, 2.45) is 0 Å². The van der Waals surface area contributed by atoms with E-state index in [4.69, 9.17) is 16.1 Å². The Hall–Kier alpha value is -2.75. The molecule has 0 aliphatic rings. The van der Waals surface area contributed by atoms with Gasteiger partial charge in [0.1, 0.15) is 4.90 Å². The quantitative estimate of drug-likeness (QED) is 0.485. The lowest BCUT2D eigenvalue weighted by Gasteiger charge is -2.16. The van der Waals surface area contributed by atoms with Crippen molar-refractivity contribution < 1.29 is 22.5 Å². The molecule has 0 N–H and O–H groups in total. The second-order valence-corrected chi connectivity index (χ2v) is 9.61. The zero-order valence-corrected chi connectivity index (χ0v) is 19.1. The fraction of sp³-hybridized carbons (Fsp3) is 0.286. The van der Waals surface area contributed by atoms with Crippen molar-refractivity contribution in [2.75, 3.05) is 14.2 Å². The Morgan fingerprint density at radius 2 is 1.87 bits per heavy atom. The van der Waals surface area contributed by atoms with Crippen molar-refractivity contribution in [2.45, 2.75) is 31.2 Å². The number of benzene rings is 2. The Kier molecular flexibility index (Phi) is 6.78.